The summed E-state index contributed by atoms with van der Waals surface area (Å²) in [6, 6.07) is -3.77. The fourth-order valence-electron chi connectivity index (χ4n) is 7.06. The van der Waals surface area contributed by atoms with E-state index in [9.17, 15) is 19.2 Å². The quantitative estimate of drug-likeness (QED) is 0.0375. The molecule has 0 saturated heterocycles. The summed E-state index contributed by atoms with van der Waals surface area (Å²) in [6.45, 7) is 6.90. The van der Waals surface area contributed by atoms with Crippen LogP contribution in [0.15, 0.2) is 37.6 Å². The van der Waals surface area contributed by atoms with Crippen LogP contribution in [0.1, 0.15) is 164 Å². The van der Waals surface area contributed by atoms with Gasteiger partial charge in [0.2, 0.25) is 23.6 Å². The lowest BCUT2D eigenvalue weighted by molar-refractivity contribution is 0.0913. The number of carbonyl (C=O) groups excluding carboxylic acids is 4. The van der Waals surface area contributed by atoms with Gasteiger partial charge in [-0.05, 0) is 79.1 Å². The zero-order valence-electron chi connectivity index (χ0n) is 38.3. The largest absolute Gasteiger partial charge is 0.443 e. The van der Waals surface area contributed by atoms with Crippen molar-refractivity contribution >= 4 is 47.5 Å². The van der Waals surface area contributed by atoms with Crippen LogP contribution in [0.3, 0.4) is 0 Å². The van der Waals surface area contributed by atoms with E-state index in [2.05, 4.69) is 61.2 Å². The average Bonchev–Trinajstić information content (AvgIpc) is 4.06. The van der Waals surface area contributed by atoms with Gasteiger partial charge in [-0.15, -0.1) is 0 Å². The van der Waals surface area contributed by atoms with Gasteiger partial charge >= 0.3 is 0 Å². The number of hydrogen-bond donors (Lipinski definition) is 12. The van der Waals surface area contributed by atoms with E-state index < -0.39 is 47.8 Å². The molecule has 4 aromatic heterocycles. The first-order valence-electron chi connectivity index (χ1n) is 21.6. The van der Waals surface area contributed by atoms with E-state index in [1.807, 2.05) is 0 Å². The van der Waals surface area contributed by atoms with Gasteiger partial charge in [0.1, 0.15) is 47.2 Å². The summed E-state index contributed by atoms with van der Waals surface area (Å²) < 4.78 is 24.1. The van der Waals surface area contributed by atoms with Gasteiger partial charge in [-0.2, -0.15) is 0 Å². The van der Waals surface area contributed by atoms with Crippen molar-refractivity contribution in [3.8, 4) is 0 Å². The van der Waals surface area contributed by atoms with E-state index in [4.69, 9.17) is 63.5 Å². The molecule has 4 atom stereocenters. The second kappa shape index (κ2) is 23.3. The van der Waals surface area contributed by atoms with Gasteiger partial charge in [-0.25, -0.2) is 19.9 Å². The minimum Gasteiger partial charge on any atom is -0.443 e. The molecule has 4 aromatic rings. The summed E-state index contributed by atoms with van der Waals surface area (Å²) in [5.41, 5.74) is 43.9. The molecular weight excluding hydrogens is 889 g/mol. The zero-order chi connectivity index (χ0) is 49.7. The number of guanidine groups is 4. The number of nitrogens with zero attached hydrogens (tertiary/aromatic N) is 8. The number of carbonyl (C=O) groups is 4. The van der Waals surface area contributed by atoms with Crippen molar-refractivity contribution in [1.82, 2.24) is 41.2 Å². The Hall–Kier alpha value is -8.20. The normalized spacial score (nSPS) is 17.7. The van der Waals surface area contributed by atoms with Gasteiger partial charge in [0.05, 0.1) is 0 Å². The Morgan fingerprint density at radius 1 is 0.397 bits per heavy atom. The fraction of sp³-hybridized carbons (Fsp3) is 0.500. The van der Waals surface area contributed by atoms with Crippen molar-refractivity contribution in [3.63, 3.8) is 0 Å². The van der Waals surface area contributed by atoms with Gasteiger partial charge in [0.25, 0.3) is 23.6 Å². The minimum atomic E-state index is -0.942. The number of nitrogens with two attached hydrogens (primary N) is 8. The molecule has 1 aliphatic rings. The molecule has 4 amide bonds. The number of nitrogens with one attached hydrogen (secondary N) is 4. The molecule has 8 bridgehead atoms. The lowest BCUT2D eigenvalue weighted by Crippen LogP contribution is -2.32. The second-order valence-electron chi connectivity index (χ2n) is 15.7. The number of rotatable bonds is 16. The molecule has 28 nitrogen and oxygen atoms in total. The van der Waals surface area contributed by atoms with Crippen molar-refractivity contribution in [1.29, 1.82) is 0 Å². The molecule has 5 rings (SSSR count). The van der Waals surface area contributed by atoms with Gasteiger partial charge in [-0.3, -0.25) is 39.1 Å². The minimum absolute atomic E-state index is 0.0168. The first-order valence-corrected chi connectivity index (χ1v) is 21.6. The summed E-state index contributed by atoms with van der Waals surface area (Å²) in [5.74, 6) is -2.86. The first kappa shape index (κ1) is 50.8. The monoisotopic (exact) mass is 948 g/mol. The Morgan fingerprint density at radius 3 is 0.765 bits per heavy atom. The van der Waals surface area contributed by atoms with Crippen molar-refractivity contribution < 1.29 is 36.8 Å². The van der Waals surface area contributed by atoms with E-state index in [0.717, 1.165) is 0 Å². The predicted molar refractivity (Wildman–Crippen MR) is 245 cm³/mol. The molecule has 0 spiro atoms. The molecular formula is C40H60N20O8. The summed E-state index contributed by atoms with van der Waals surface area (Å²) in [6.07, 6.45) is 2.16. The van der Waals surface area contributed by atoms with Crippen LogP contribution in [0.5, 0.6) is 0 Å². The molecule has 68 heavy (non-hydrogen) atoms. The van der Waals surface area contributed by atoms with Gasteiger partial charge in [0, 0.05) is 26.2 Å². The molecule has 368 valence electrons. The van der Waals surface area contributed by atoms with Crippen LogP contribution in [0.4, 0.5) is 0 Å². The van der Waals surface area contributed by atoms with Crippen molar-refractivity contribution in [3.05, 3.63) is 69.4 Å². The number of hydrogen-bond acceptors (Lipinski definition) is 16. The molecule has 5 heterocycles. The maximum atomic E-state index is 14.1. The summed E-state index contributed by atoms with van der Waals surface area (Å²) >= 11 is 0. The highest BCUT2D eigenvalue weighted by atomic mass is 16.4. The highest BCUT2D eigenvalue weighted by molar-refractivity contribution is 5.96. The number of amides is 4. The van der Waals surface area contributed by atoms with Crippen LogP contribution in [-0.2, 0) is 0 Å². The Bertz CT molecular complexity index is 2190. The Labute approximate surface area is 389 Å². The van der Waals surface area contributed by atoms with Crippen molar-refractivity contribution in [2.75, 3.05) is 26.2 Å². The predicted octanol–water partition coefficient (Wildman–Crippen LogP) is -0.716. The fourth-order valence-corrected chi connectivity index (χ4v) is 7.06. The maximum absolute atomic E-state index is 14.1. The Balaban J connectivity index is 1.61. The van der Waals surface area contributed by atoms with Gasteiger partial charge in [0.15, 0.2) is 46.6 Å². The molecule has 20 N–H and O–H groups in total. The summed E-state index contributed by atoms with van der Waals surface area (Å²) in [7, 11) is 0. The van der Waals surface area contributed by atoms with Crippen LogP contribution >= 0.6 is 0 Å². The summed E-state index contributed by atoms with van der Waals surface area (Å²) in [5, 5.41) is 11.5. The summed E-state index contributed by atoms with van der Waals surface area (Å²) in [4.78, 5) is 90.6. The lowest BCUT2D eigenvalue weighted by Gasteiger charge is -2.16. The van der Waals surface area contributed by atoms with E-state index in [0.29, 0.717) is 25.7 Å². The average molecular weight is 949 g/mol. The molecule has 0 aliphatic carbocycles. The lowest BCUT2D eigenvalue weighted by atomic mass is 10.1. The number of aliphatic imine (C=N–C) groups is 4. The molecule has 0 unspecified atom stereocenters. The molecule has 0 saturated carbocycles. The first-order chi connectivity index (χ1) is 32.3. The molecule has 0 radical (unpaired) electrons. The molecule has 1 aliphatic heterocycles. The van der Waals surface area contributed by atoms with Gasteiger partial charge < -0.3 is 84.8 Å². The van der Waals surface area contributed by atoms with Crippen LogP contribution in [0.2, 0.25) is 0 Å². The highest BCUT2D eigenvalue weighted by Crippen LogP contribution is 2.29. The highest BCUT2D eigenvalue weighted by Gasteiger charge is 2.33. The molecule has 28 heteroatoms. The smallest absolute Gasteiger partial charge is 0.274 e. The van der Waals surface area contributed by atoms with E-state index in [1.54, 1.807) is 0 Å². The second-order valence-corrected chi connectivity index (χ2v) is 15.7. The van der Waals surface area contributed by atoms with E-state index in [-0.39, 0.29) is 145 Å². The number of fused-ring (bicyclic) bond motifs is 8. The Morgan fingerprint density at radius 2 is 0.588 bits per heavy atom. The zero-order valence-corrected chi connectivity index (χ0v) is 38.3. The maximum Gasteiger partial charge on any atom is 0.274 e. The van der Waals surface area contributed by atoms with Crippen molar-refractivity contribution in [2.24, 2.45) is 65.8 Å². The Kier molecular flexibility index (Phi) is 17.4. The van der Waals surface area contributed by atoms with E-state index in [1.165, 1.54) is 27.7 Å². The standard InChI is InChI=1S/C40H60N20O8/c1-17-25-29(61)53-22(10-6-14-50-38(43)44)34-58-27(19(3)66-34)31(63)55-24(12-8-16-52-40(47)48)36-60-28(20(4)68-36)32(64)56-23(11-7-15-51-39(45)46)35-59-26(18(2)67-35)30(62)54-21(33(57-25)65-17)9-5-13-49-37(41)42/h21-24H,5-16H2,1-4H3,(H,53,61)(H,54,62)(H,55,63)(H,56,64)(H4,41,42,49)(H4,43,44,50)(H4,45,46,51)(H4,47,48,52)/t21-,22-,23-,24-/m0/s1. The molecule has 0 fully saturated rings. The van der Waals surface area contributed by atoms with Crippen molar-refractivity contribution in [2.45, 2.75) is 103 Å². The SMILES string of the molecule is Cc1oc2nc1C(=O)N[C@@H](CCCN=C(N)N)c1nc(c(C)o1)C(=O)N[C@@H](CCCN=C(N)N)c1nc(c(C)o1)C(=O)N[C@@H](CCCN=C(N)N)c1nc(c(C)o1)C(=O)N[C@H]2CCCN=C(N)N. The number of aromatic nitrogens is 4. The number of oxazole rings is 4. The third-order valence-electron chi connectivity index (χ3n) is 10.3. The van der Waals surface area contributed by atoms with E-state index >= 15 is 0 Å². The number of aryl methyl sites for hydroxylation is 4. The van der Waals surface area contributed by atoms with Crippen LogP contribution in [-0.4, -0.2) is 93.6 Å². The van der Waals surface area contributed by atoms with Crippen LogP contribution in [0.25, 0.3) is 0 Å². The topological polar surface area (TPSA) is 478 Å². The van der Waals surface area contributed by atoms with Gasteiger partial charge in [-0.1, -0.05) is 0 Å². The molecule has 0 aromatic carbocycles. The third kappa shape index (κ3) is 13.9. The van der Waals surface area contributed by atoms with Crippen LogP contribution in [0, 0.1) is 27.7 Å². The van der Waals surface area contributed by atoms with Crippen LogP contribution < -0.4 is 67.1 Å². The third-order valence-corrected chi connectivity index (χ3v) is 10.3.